The maximum absolute atomic E-state index is 11.5. The molecule has 0 aliphatic carbocycles. The number of carbonyl (C=O) groups excluding carboxylic acids is 1. The van der Waals surface area contributed by atoms with E-state index < -0.39 is 0 Å². The van der Waals surface area contributed by atoms with Crippen molar-refractivity contribution in [3.05, 3.63) is 29.8 Å². The van der Waals surface area contributed by atoms with Gasteiger partial charge >= 0.3 is 0 Å². The third-order valence-electron chi connectivity index (χ3n) is 4.31. The first-order chi connectivity index (χ1) is 10.1. The lowest BCUT2D eigenvalue weighted by Gasteiger charge is -2.37. The summed E-state index contributed by atoms with van der Waals surface area (Å²) in [5.74, 6) is -0.249. The zero-order valence-electron chi connectivity index (χ0n) is 13.1. The maximum atomic E-state index is 11.5. The number of anilines is 1. The minimum absolute atomic E-state index is 0.230. The number of aryl methyl sites for hydroxylation is 1. The highest BCUT2D eigenvalue weighted by Gasteiger charge is 2.24. The molecule has 0 bridgehead atoms. The van der Waals surface area contributed by atoms with Crippen LogP contribution < -0.4 is 16.0 Å². The number of amides is 1. The Balaban J connectivity index is 2.02. The molecule has 2 rings (SSSR count). The normalized spacial score (nSPS) is 19.1. The van der Waals surface area contributed by atoms with Crippen LogP contribution in [0, 0.1) is 0 Å². The number of nitrogens with one attached hydrogen (secondary N) is 1. The number of hydrogen-bond acceptors (Lipinski definition) is 3. The SMILES string of the molecule is CCCNC(CCN1c2ccccc2CCC1C)C(N)=O. The number of fused-ring (bicyclic) bond motifs is 1. The number of primary amides is 1. The van der Waals surface area contributed by atoms with Crippen molar-refractivity contribution in [3.63, 3.8) is 0 Å². The molecule has 21 heavy (non-hydrogen) atoms. The number of para-hydroxylation sites is 1. The van der Waals surface area contributed by atoms with Gasteiger partial charge in [-0.3, -0.25) is 4.79 Å². The van der Waals surface area contributed by atoms with E-state index in [1.807, 2.05) is 0 Å². The van der Waals surface area contributed by atoms with E-state index in [1.165, 1.54) is 17.7 Å². The van der Waals surface area contributed by atoms with Gasteiger partial charge in [-0.2, -0.15) is 0 Å². The average molecular weight is 289 g/mol. The summed E-state index contributed by atoms with van der Waals surface area (Å²) in [5.41, 5.74) is 8.23. The first-order valence-electron chi connectivity index (χ1n) is 8.00. The molecule has 0 aromatic heterocycles. The van der Waals surface area contributed by atoms with E-state index in [-0.39, 0.29) is 11.9 Å². The maximum Gasteiger partial charge on any atom is 0.234 e. The summed E-state index contributed by atoms with van der Waals surface area (Å²) < 4.78 is 0. The molecule has 3 N–H and O–H groups in total. The summed E-state index contributed by atoms with van der Waals surface area (Å²) in [7, 11) is 0. The lowest BCUT2D eigenvalue weighted by atomic mass is 9.96. The Bertz CT molecular complexity index is 475. The molecule has 1 aliphatic rings. The van der Waals surface area contributed by atoms with Crippen LogP contribution in [0.5, 0.6) is 0 Å². The van der Waals surface area contributed by atoms with Gasteiger partial charge in [0.15, 0.2) is 0 Å². The van der Waals surface area contributed by atoms with Gasteiger partial charge < -0.3 is 16.0 Å². The van der Waals surface area contributed by atoms with Crippen LogP contribution in [-0.4, -0.2) is 31.1 Å². The van der Waals surface area contributed by atoms with E-state index in [1.54, 1.807) is 0 Å². The molecule has 0 spiro atoms. The van der Waals surface area contributed by atoms with E-state index in [0.29, 0.717) is 6.04 Å². The molecular weight excluding hydrogens is 262 g/mol. The Kier molecular flexibility index (Phi) is 5.62. The number of benzene rings is 1. The number of nitrogens with two attached hydrogens (primary N) is 1. The molecule has 1 aromatic carbocycles. The van der Waals surface area contributed by atoms with Gasteiger partial charge in [-0.1, -0.05) is 25.1 Å². The van der Waals surface area contributed by atoms with Gasteiger partial charge in [-0.05, 0) is 50.8 Å². The van der Waals surface area contributed by atoms with E-state index >= 15 is 0 Å². The van der Waals surface area contributed by atoms with E-state index in [2.05, 4.69) is 48.3 Å². The van der Waals surface area contributed by atoms with Crippen molar-refractivity contribution >= 4 is 11.6 Å². The van der Waals surface area contributed by atoms with E-state index in [4.69, 9.17) is 5.73 Å². The average Bonchev–Trinajstić information content (AvgIpc) is 2.48. The van der Waals surface area contributed by atoms with Crippen LogP contribution in [0.15, 0.2) is 24.3 Å². The number of rotatable bonds is 7. The van der Waals surface area contributed by atoms with Crippen molar-refractivity contribution in [2.24, 2.45) is 5.73 Å². The van der Waals surface area contributed by atoms with Gasteiger partial charge in [-0.15, -0.1) is 0 Å². The fraction of sp³-hybridized carbons (Fsp3) is 0.588. The van der Waals surface area contributed by atoms with Crippen molar-refractivity contribution in [1.82, 2.24) is 5.32 Å². The van der Waals surface area contributed by atoms with Gasteiger partial charge in [0, 0.05) is 18.3 Å². The molecule has 0 radical (unpaired) electrons. The van der Waals surface area contributed by atoms with Crippen LogP contribution >= 0.6 is 0 Å². The lowest BCUT2D eigenvalue weighted by Crippen LogP contribution is -2.46. The van der Waals surface area contributed by atoms with Crippen LogP contribution in [0.25, 0.3) is 0 Å². The zero-order chi connectivity index (χ0) is 15.2. The largest absolute Gasteiger partial charge is 0.369 e. The van der Waals surface area contributed by atoms with Crippen molar-refractivity contribution in [2.75, 3.05) is 18.0 Å². The molecule has 1 aromatic rings. The molecule has 1 heterocycles. The molecule has 4 nitrogen and oxygen atoms in total. The van der Waals surface area contributed by atoms with Gasteiger partial charge in [0.25, 0.3) is 0 Å². The standard InChI is InChI=1S/C17H27N3O/c1-3-11-19-15(17(18)21)10-12-20-13(2)8-9-14-6-4-5-7-16(14)20/h4-7,13,15,19H,3,8-12H2,1-2H3,(H2,18,21). The molecular formula is C17H27N3O. The van der Waals surface area contributed by atoms with Crippen molar-refractivity contribution < 1.29 is 4.79 Å². The second-order valence-corrected chi connectivity index (χ2v) is 5.91. The molecule has 116 valence electrons. The summed E-state index contributed by atoms with van der Waals surface area (Å²) in [4.78, 5) is 14.0. The fourth-order valence-corrected chi connectivity index (χ4v) is 3.03. The van der Waals surface area contributed by atoms with E-state index in [0.717, 1.165) is 32.4 Å². The minimum atomic E-state index is -0.249. The summed E-state index contributed by atoms with van der Waals surface area (Å²) in [6.45, 7) is 6.05. The van der Waals surface area contributed by atoms with Gasteiger partial charge in [0.05, 0.1) is 6.04 Å². The molecule has 1 amide bonds. The second-order valence-electron chi connectivity index (χ2n) is 5.91. The van der Waals surface area contributed by atoms with Crippen LogP contribution in [-0.2, 0) is 11.2 Å². The highest BCUT2D eigenvalue weighted by Crippen LogP contribution is 2.30. The van der Waals surface area contributed by atoms with Gasteiger partial charge in [0.2, 0.25) is 5.91 Å². The predicted molar refractivity (Wildman–Crippen MR) is 87.5 cm³/mol. The lowest BCUT2D eigenvalue weighted by molar-refractivity contribution is -0.120. The number of nitrogens with zero attached hydrogens (tertiary/aromatic N) is 1. The Hall–Kier alpha value is -1.55. The molecule has 4 heteroatoms. The van der Waals surface area contributed by atoms with Crippen LogP contribution in [0.4, 0.5) is 5.69 Å². The summed E-state index contributed by atoms with van der Waals surface area (Å²) >= 11 is 0. The second kappa shape index (κ2) is 7.46. The smallest absolute Gasteiger partial charge is 0.234 e. The monoisotopic (exact) mass is 289 g/mol. The highest BCUT2D eigenvalue weighted by atomic mass is 16.1. The summed E-state index contributed by atoms with van der Waals surface area (Å²) in [6, 6.07) is 8.86. The molecule has 2 atom stereocenters. The topological polar surface area (TPSA) is 58.4 Å². The Morgan fingerprint density at radius 2 is 2.24 bits per heavy atom. The minimum Gasteiger partial charge on any atom is -0.369 e. The highest BCUT2D eigenvalue weighted by molar-refractivity contribution is 5.79. The van der Waals surface area contributed by atoms with Crippen LogP contribution in [0.3, 0.4) is 0 Å². The first kappa shape index (κ1) is 15.8. The Morgan fingerprint density at radius 1 is 1.48 bits per heavy atom. The fourth-order valence-electron chi connectivity index (χ4n) is 3.03. The Morgan fingerprint density at radius 3 is 2.95 bits per heavy atom. The Labute approximate surface area is 127 Å². The summed E-state index contributed by atoms with van der Waals surface area (Å²) in [6.07, 6.45) is 4.07. The molecule has 1 aliphatic heterocycles. The van der Waals surface area contributed by atoms with Crippen LogP contribution in [0.2, 0.25) is 0 Å². The third kappa shape index (κ3) is 3.97. The zero-order valence-corrected chi connectivity index (χ0v) is 13.1. The third-order valence-corrected chi connectivity index (χ3v) is 4.31. The number of carbonyl (C=O) groups is 1. The summed E-state index contributed by atoms with van der Waals surface area (Å²) in [5, 5.41) is 3.25. The molecule has 2 unspecified atom stereocenters. The van der Waals surface area contributed by atoms with Gasteiger partial charge in [0.1, 0.15) is 0 Å². The van der Waals surface area contributed by atoms with Gasteiger partial charge in [-0.25, -0.2) is 0 Å². The van der Waals surface area contributed by atoms with Crippen molar-refractivity contribution in [3.8, 4) is 0 Å². The predicted octanol–water partition coefficient (Wildman–Crippen LogP) is 2.07. The molecule has 0 saturated heterocycles. The van der Waals surface area contributed by atoms with Crippen molar-refractivity contribution in [2.45, 2.75) is 51.6 Å². The van der Waals surface area contributed by atoms with Crippen molar-refractivity contribution in [1.29, 1.82) is 0 Å². The first-order valence-corrected chi connectivity index (χ1v) is 8.00. The van der Waals surface area contributed by atoms with E-state index in [9.17, 15) is 4.79 Å². The molecule has 0 fully saturated rings. The number of hydrogen-bond donors (Lipinski definition) is 2. The molecule has 0 saturated carbocycles. The van der Waals surface area contributed by atoms with Crippen LogP contribution in [0.1, 0.15) is 38.7 Å². The quantitative estimate of drug-likeness (QED) is 0.808.